The van der Waals surface area contributed by atoms with Crippen molar-refractivity contribution in [3.05, 3.63) is 46.4 Å². The van der Waals surface area contributed by atoms with Crippen molar-refractivity contribution in [3.63, 3.8) is 0 Å². The quantitative estimate of drug-likeness (QED) is 0.745. The van der Waals surface area contributed by atoms with Crippen LogP contribution < -0.4 is 5.32 Å². The third-order valence-electron chi connectivity index (χ3n) is 4.95. The molecule has 0 radical (unpaired) electrons. The standard InChI is InChI=1S/C18H21NO3/c1-2-3-11-7-13-17(22-11)9-19-14-5-4-10-6-15(20)16(21)8-12(10)18(13)14/h6-8,14,18-21H,2-5,9H2,1H3. The molecule has 0 fully saturated rings. The van der Waals surface area contributed by atoms with E-state index >= 15 is 0 Å². The highest BCUT2D eigenvalue weighted by atomic mass is 16.3. The van der Waals surface area contributed by atoms with E-state index in [9.17, 15) is 10.2 Å². The fourth-order valence-electron chi connectivity index (χ4n) is 3.94. The Hall–Kier alpha value is -1.94. The second-order valence-electron chi connectivity index (χ2n) is 6.38. The molecule has 2 atom stereocenters. The monoisotopic (exact) mass is 299 g/mol. The summed E-state index contributed by atoms with van der Waals surface area (Å²) in [4.78, 5) is 0. The van der Waals surface area contributed by atoms with Crippen LogP contribution in [0.4, 0.5) is 0 Å². The van der Waals surface area contributed by atoms with Crippen LogP contribution in [0.2, 0.25) is 0 Å². The normalized spacial score (nSPS) is 22.8. The van der Waals surface area contributed by atoms with Crippen molar-refractivity contribution in [3.8, 4) is 11.5 Å². The van der Waals surface area contributed by atoms with E-state index in [0.717, 1.165) is 54.9 Å². The smallest absolute Gasteiger partial charge is 0.157 e. The van der Waals surface area contributed by atoms with Gasteiger partial charge in [-0.1, -0.05) is 6.92 Å². The van der Waals surface area contributed by atoms with Crippen molar-refractivity contribution in [2.45, 2.75) is 51.1 Å². The summed E-state index contributed by atoms with van der Waals surface area (Å²) in [6.45, 7) is 2.93. The Kier molecular flexibility index (Phi) is 3.15. The molecule has 0 saturated carbocycles. The van der Waals surface area contributed by atoms with Gasteiger partial charge in [-0.15, -0.1) is 0 Å². The summed E-state index contributed by atoms with van der Waals surface area (Å²) in [7, 11) is 0. The van der Waals surface area contributed by atoms with E-state index in [1.807, 2.05) is 0 Å². The lowest BCUT2D eigenvalue weighted by molar-refractivity contribution is 0.346. The van der Waals surface area contributed by atoms with E-state index in [1.165, 1.54) is 5.56 Å². The largest absolute Gasteiger partial charge is 0.504 e. The fourth-order valence-corrected chi connectivity index (χ4v) is 3.94. The summed E-state index contributed by atoms with van der Waals surface area (Å²) in [6, 6.07) is 6.00. The molecular weight excluding hydrogens is 278 g/mol. The van der Waals surface area contributed by atoms with Crippen LogP contribution in [0.15, 0.2) is 22.6 Å². The van der Waals surface area contributed by atoms with Crippen molar-refractivity contribution in [1.82, 2.24) is 5.32 Å². The molecule has 0 spiro atoms. The average Bonchev–Trinajstić information content (AvgIpc) is 2.91. The summed E-state index contributed by atoms with van der Waals surface area (Å²) in [5.41, 5.74) is 3.49. The molecule has 0 saturated heterocycles. The lowest BCUT2D eigenvalue weighted by atomic mass is 9.74. The van der Waals surface area contributed by atoms with Crippen molar-refractivity contribution in [2.24, 2.45) is 0 Å². The molecule has 0 bridgehead atoms. The van der Waals surface area contributed by atoms with E-state index < -0.39 is 0 Å². The van der Waals surface area contributed by atoms with Gasteiger partial charge in [-0.2, -0.15) is 0 Å². The molecule has 0 amide bonds. The van der Waals surface area contributed by atoms with E-state index in [0.29, 0.717) is 6.04 Å². The number of phenolic OH excluding ortho intramolecular Hbond substituents is 2. The lowest BCUT2D eigenvalue weighted by Gasteiger charge is -2.37. The molecule has 3 N–H and O–H groups in total. The Morgan fingerprint density at radius 1 is 1.18 bits per heavy atom. The highest BCUT2D eigenvalue weighted by molar-refractivity contribution is 5.52. The van der Waals surface area contributed by atoms with Gasteiger partial charge < -0.3 is 19.9 Å². The van der Waals surface area contributed by atoms with Gasteiger partial charge in [0.25, 0.3) is 0 Å². The van der Waals surface area contributed by atoms with Crippen LogP contribution in [-0.4, -0.2) is 16.3 Å². The Balaban J connectivity index is 1.83. The molecule has 1 aromatic carbocycles. The predicted octanol–water partition coefficient (Wildman–Crippen LogP) is 3.19. The Morgan fingerprint density at radius 3 is 2.82 bits per heavy atom. The summed E-state index contributed by atoms with van der Waals surface area (Å²) in [6.07, 6.45) is 3.99. The van der Waals surface area contributed by atoms with Crippen LogP contribution in [0.3, 0.4) is 0 Å². The number of benzene rings is 1. The number of hydrogen-bond acceptors (Lipinski definition) is 4. The molecule has 4 nitrogen and oxygen atoms in total. The van der Waals surface area contributed by atoms with Gasteiger partial charge in [0.1, 0.15) is 11.5 Å². The number of hydrogen-bond donors (Lipinski definition) is 3. The second-order valence-corrected chi connectivity index (χ2v) is 6.38. The fraction of sp³-hybridized carbons (Fsp3) is 0.444. The highest BCUT2D eigenvalue weighted by Crippen LogP contribution is 2.45. The molecule has 4 rings (SSSR count). The minimum Gasteiger partial charge on any atom is -0.504 e. The van der Waals surface area contributed by atoms with Crippen molar-refractivity contribution in [2.75, 3.05) is 0 Å². The zero-order valence-corrected chi connectivity index (χ0v) is 12.7. The Labute approximate surface area is 129 Å². The molecular formula is C18H21NO3. The van der Waals surface area contributed by atoms with Crippen LogP contribution in [-0.2, 0) is 19.4 Å². The number of aryl methyl sites for hydroxylation is 2. The lowest BCUT2D eigenvalue weighted by Crippen LogP contribution is -2.42. The number of fused-ring (bicyclic) bond motifs is 5. The number of nitrogens with one attached hydrogen (secondary N) is 1. The first-order valence-corrected chi connectivity index (χ1v) is 8.07. The topological polar surface area (TPSA) is 65.6 Å². The predicted molar refractivity (Wildman–Crippen MR) is 83.3 cm³/mol. The van der Waals surface area contributed by atoms with Crippen molar-refractivity contribution >= 4 is 0 Å². The van der Waals surface area contributed by atoms with Gasteiger partial charge in [0.15, 0.2) is 11.5 Å². The van der Waals surface area contributed by atoms with Crippen molar-refractivity contribution in [1.29, 1.82) is 0 Å². The first-order valence-electron chi connectivity index (χ1n) is 8.07. The zero-order chi connectivity index (χ0) is 15.3. The summed E-state index contributed by atoms with van der Waals surface area (Å²) in [5, 5.41) is 23.2. The molecule has 1 aliphatic carbocycles. The van der Waals surface area contributed by atoms with Crippen LogP contribution in [0.1, 0.15) is 53.9 Å². The molecule has 1 aliphatic heterocycles. The maximum absolute atomic E-state index is 9.91. The van der Waals surface area contributed by atoms with Crippen LogP contribution in [0.5, 0.6) is 11.5 Å². The van der Waals surface area contributed by atoms with Crippen LogP contribution in [0.25, 0.3) is 0 Å². The number of aromatic hydroxyl groups is 2. The number of phenols is 2. The van der Waals surface area contributed by atoms with E-state index in [-0.39, 0.29) is 17.4 Å². The van der Waals surface area contributed by atoms with Gasteiger partial charge >= 0.3 is 0 Å². The molecule has 2 heterocycles. The molecule has 1 aromatic heterocycles. The van der Waals surface area contributed by atoms with Gasteiger partial charge in [0.2, 0.25) is 0 Å². The number of rotatable bonds is 2. The van der Waals surface area contributed by atoms with Gasteiger partial charge in [-0.3, -0.25) is 0 Å². The number of furan rings is 1. The molecule has 2 aliphatic rings. The zero-order valence-electron chi connectivity index (χ0n) is 12.7. The van der Waals surface area contributed by atoms with Gasteiger partial charge in [0.05, 0.1) is 6.54 Å². The first-order chi connectivity index (χ1) is 10.7. The SMILES string of the molecule is CCCc1cc2c(o1)CNC1CCc3cc(O)c(O)cc3C21. The molecule has 4 heteroatoms. The van der Waals surface area contributed by atoms with Crippen LogP contribution >= 0.6 is 0 Å². The minimum atomic E-state index is -0.0381. The maximum atomic E-state index is 9.91. The average molecular weight is 299 g/mol. The molecule has 116 valence electrons. The summed E-state index contributed by atoms with van der Waals surface area (Å²) < 4.78 is 5.99. The van der Waals surface area contributed by atoms with E-state index in [4.69, 9.17) is 4.42 Å². The van der Waals surface area contributed by atoms with Gasteiger partial charge in [-0.05, 0) is 48.6 Å². The maximum Gasteiger partial charge on any atom is 0.157 e. The third kappa shape index (κ3) is 2.02. The van der Waals surface area contributed by atoms with Crippen molar-refractivity contribution < 1.29 is 14.6 Å². The molecule has 2 unspecified atom stereocenters. The molecule has 2 aromatic rings. The Bertz CT molecular complexity index is 719. The molecule has 22 heavy (non-hydrogen) atoms. The Morgan fingerprint density at radius 2 is 2.00 bits per heavy atom. The highest BCUT2D eigenvalue weighted by Gasteiger charge is 2.37. The third-order valence-corrected chi connectivity index (χ3v) is 4.95. The van der Waals surface area contributed by atoms with E-state index in [1.54, 1.807) is 12.1 Å². The summed E-state index contributed by atoms with van der Waals surface area (Å²) >= 11 is 0. The first kappa shape index (κ1) is 13.7. The summed E-state index contributed by atoms with van der Waals surface area (Å²) in [5.74, 6) is 2.20. The van der Waals surface area contributed by atoms with E-state index in [2.05, 4.69) is 18.3 Å². The van der Waals surface area contributed by atoms with Gasteiger partial charge in [-0.25, -0.2) is 0 Å². The van der Waals surface area contributed by atoms with Crippen LogP contribution in [0, 0.1) is 0 Å². The minimum absolute atomic E-state index is 0.0277. The van der Waals surface area contributed by atoms with Gasteiger partial charge in [0, 0.05) is 23.9 Å². The second kappa shape index (κ2) is 5.06.